The molecule has 24 heavy (non-hydrogen) atoms. The molecular weight excluding hydrogens is 347 g/mol. The fraction of sp³-hybridized carbons (Fsp3) is 0.533. The van der Waals surface area contributed by atoms with Crippen LogP contribution >= 0.6 is 0 Å². The highest BCUT2D eigenvalue weighted by atomic mass is 32.2. The second kappa shape index (κ2) is 6.36. The smallest absolute Gasteiger partial charge is 0.416 e. The number of carboxylic acid groups (broad SMARTS) is 1. The number of rotatable bonds is 3. The van der Waals surface area contributed by atoms with Crippen LogP contribution < -0.4 is 0 Å². The van der Waals surface area contributed by atoms with Gasteiger partial charge in [-0.1, -0.05) is 6.07 Å². The fourth-order valence-electron chi connectivity index (χ4n) is 2.81. The molecule has 1 aromatic carbocycles. The van der Waals surface area contributed by atoms with Crippen molar-refractivity contribution in [3.8, 4) is 0 Å². The van der Waals surface area contributed by atoms with Gasteiger partial charge in [-0.3, -0.25) is 4.79 Å². The van der Waals surface area contributed by atoms with Crippen molar-refractivity contribution >= 4 is 16.0 Å². The van der Waals surface area contributed by atoms with Crippen LogP contribution in [0.4, 0.5) is 13.2 Å². The molecule has 1 heterocycles. The number of aliphatic carboxylic acids is 1. The van der Waals surface area contributed by atoms with Gasteiger partial charge in [0.1, 0.15) is 0 Å². The number of carboxylic acids is 1. The minimum Gasteiger partial charge on any atom is -0.481 e. The number of piperidine rings is 1. The lowest BCUT2D eigenvalue weighted by Crippen LogP contribution is -2.47. The molecule has 0 saturated carbocycles. The third kappa shape index (κ3) is 3.56. The summed E-state index contributed by atoms with van der Waals surface area (Å²) in [4.78, 5) is 10.7. The summed E-state index contributed by atoms with van der Waals surface area (Å²) in [5, 5.41) is 9.10. The Hall–Kier alpha value is -1.61. The van der Waals surface area contributed by atoms with E-state index in [0.29, 0.717) is 18.9 Å². The van der Waals surface area contributed by atoms with E-state index in [1.165, 1.54) is 6.92 Å². The van der Waals surface area contributed by atoms with Crippen LogP contribution in [0.1, 0.15) is 30.9 Å². The topological polar surface area (TPSA) is 74.7 Å². The molecule has 2 unspecified atom stereocenters. The Kier molecular flexibility index (Phi) is 4.96. The maximum Gasteiger partial charge on any atom is 0.416 e. The first-order valence-corrected chi connectivity index (χ1v) is 8.81. The highest BCUT2D eigenvalue weighted by molar-refractivity contribution is 7.89. The number of carbonyl (C=O) groups is 1. The van der Waals surface area contributed by atoms with Crippen molar-refractivity contribution in [2.24, 2.45) is 5.92 Å². The zero-order valence-electron chi connectivity index (χ0n) is 13.2. The van der Waals surface area contributed by atoms with E-state index in [2.05, 4.69) is 0 Å². The van der Waals surface area contributed by atoms with Crippen molar-refractivity contribution in [1.29, 1.82) is 0 Å². The van der Waals surface area contributed by atoms with Crippen LogP contribution in [-0.2, 0) is 21.0 Å². The van der Waals surface area contributed by atoms with Gasteiger partial charge in [-0.15, -0.1) is 0 Å². The summed E-state index contributed by atoms with van der Waals surface area (Å²) in [6.07, 6.45) is -3.98. The zero-order valence-corrected chi connectivity index (χ0v) is 14.0. The number of aryl methyl sites for hydroxylation is 1. The summed E-state index contributed by atoms with van der Waals surface area (Å²) in [7, 11) is -4.21. The van der Waals surface area contributed by atoms with E-state index in [1.807, 2.05) is 0 Å². The number of nitrogens with zero attached hydrogens (tertiary/aromatic N) is 1. The number of halogens is 3. The summed E-state index contributed by atoms with van der Waals surface area (Å²) >= 11 is 0. The van der Waals surface area contributed by atoms with E-state index in [1.54, 1.807) is 6.92 Å². The Balaban J connectivity index is 2.44. The highest BCUT2D eigenvalue weighted by Gasteiger charge is 2.39. The van der Waals surface area contributed by atoms with Gasteiger partial charge in [0, 0.05) is 12.6 Å². The molecule has 0 aromatic heterocycles. The van der Waals surface area contributed by atoms with Crippen LogP contribution in [0.5, 0.6) is 0 Å². The lowest BCUT2D eigenvalue weighted by atomic mass is 9.96. The molecule has 9 heteroatoms. The van der Waals surface area contributed by atoms with Gasteiger partial charge in [-0.25, -0.2) is 8.42 Å². The first-order valence-electron chi connectivity index (χ1n) is 7.37. The van der Waals surface area contributed by atoms with Crippen molar-refractivity contribution < 1.29 is 31.5 Å². The minimum atomic E-state index is -4.66. The SMILES string of the molecule is Cc1ccc(S(=O)(=O)N2CC(C(=O)O)CCC2C)cc1C(F)(F)F. The molecule has 0 aliphatic carbocycles. The Bertz CT molecular complexity index is 746. The Morgan fingerprint density at radius 2 is 1.92 bits per heavy atom. The average molecular weight is 365 g/mol. The maximum atomic E-state index is 13.0. The molecule has 1 aromatic rings. The molecule has 5 nitrogen and oxygen atoms in total. The Labute approximate surface area is 138 Å². The summed E-state index contributed by atoms with van der Waals surface area (Å²) < 4.78 is 65.5. The Morgan fingerprint density at radius 3 is 2.46 bits per heavy atom. The number of hydrogen-bond donors (Lipinski definition) is 1. The van der Waals surface area contributed by atoms with Crippen LogP contribution in [0.15, 0.2) is 23.1 Å². The zero-order chi connectivity index (χ0) is 18.3. The van der Waals surface area contributed by atoms with Crippen molar-refractivity contribution in [3.63, 3.8) is 0 Å². The van der Waals surface area contributed by atoms with Crippen LogP contribution in [0, 0.1) is 12.8 Å². The van der Waals surface area contributed by atoms with Crippen molar-refractivity contribution in [1.82, 2.24) is 4.31 Å². The molecule has 1 N–H and O–H groups in total. The van der Waals surface area contributed by atoms with Gasteiger partial charge in [0.2, 0.25) is 10.0 Å². The Morgan fingerprint density at radius 1 is 1.29 bits per heavy atom. The van der Waals surface area contributed by atoms with E-state index in [4.69, 9.17) is 5.11 Å². The predicted octanol–water partition coefficient (Wildman–Crippen LogP) is 2.89. The van der Waals surface area contributed by atoms with Gasteiger partial charge in [0.25, 0.3) is 0 Å². The van der Waals surface area contributed by atoms with Gasteiger partial charge in [-0.05, 0) is 44.4 Å². The molecule has 0 amide bonds. The number of alkyl halides is 3. The lowest BCUT2D eigenvalue weighted by Gasteiger charge is -2.35. The fourth-order valence-corrected chi connectivity index (χ4v) is 4.55. The quantitative estimate of drug-likeness (QED) is 0.894. The van der Waals surface area contributed by atoms with Gasteiger partial charge < -0.3 is 5.11 Å². The lowest BCUT2D eigenvalue weighted by molar-refractivity contribution is -0.143. The van der Waals surface area contributed by atoms with Crippen LogP contribution in [0.2, 0.25) is 0 Å². The van der Waals surface area contributed by atoms with Crippen molar-refractivity contribution in [2.75, 3.05) is 6.54 Å². The number of sulfonamides is 1. The molecule has 2 atom stereocenters. The molecule has 0 radical (unpaired) electrons. The standard InChI is InChI=1S/C15H18F3NO4S/c1-9-3-6-12(7-13(9)15(16,17)18)24(22,23)19-8-11(14(20)21)5-4-10(19)2/h3,6-7,10-11H,4-5,8H2,1-2H3,(H,20,21). The first kappa shape index (κ1) is 18.7. The van der Waals surface area contributed by atoms with E-state index in [9.17, 15) is 26.4 Å². The third-order valence-electron chi connectivity index (χ3n) is 4.30. The summed E-state index contributed by atoms with van der Waals surface area (Å²) in [6.45, 7) is 2.63. The maximum absolute atomic E-state index is 13.0. The molecule has 1 aliphatic rings. The summed E-state index contributed by atoms with van der Waals surface area (Å²) in [6, 6.07) is 2.37. The molecule has 1 fully saturated rings. The van der Waals surface area contributed by atoms with Crippen LogP contribution in [0.25, 0.3) is 0 Å². The molecular formula is C15H18F3NO4S. The largest absolute Gasteiger partial charge is 0.481 e. The van der Waals surface area contributed by atoms with Gasteiger partial charge >= 0.3 is 12.1 Å². The van der Waals surface area contributed by atoms with Gasteiger partial charge in [-0.2, -0.15) is 17.5 Å². The van der Waals surface area contributed by atoms with Gasteiger partial charge in [0.15, 0.2) is 0 Å². The predicted molar refractivity (Wildman–Crippen MR) is 79.9 cm³/mol. The second-order valence-electron chi connectivity index (χ2n) is 6.01. The average Bonchev–Trinajstić information content (AvgIpc) is 2.46. The molecule has 0 bridgehead atoms. The van der Waals surface area contributed by atoms with E-state index < -0.39 is 44.6 Å². The van der Waals surface area contributed by atoms with Gasteiger partial charge in [0.05, 0.1) is 16.4 Å². The molecule has 1 aliphatic heterocycles. The van der Waals surface area contributed by atoms with E-state index >= 15 is 0 Å². The number of benzene rings is 1. The van der Waals surface area contributed by atoms with E-state index in [0.717, 1.165) is 16.4 Å². The van der Waals surface area contributed by atoms with Crippen molar-refractivity contribution in [2.45, 2.75) is 43.8 Å². The third-order valence-corrected chi connectivity index (χ3v) is 6.27. The first-order chi connectivity index (χ1) is 10.9. The van der Waals surface area contributed by atoms with Crippen LogP contribution in [-0.4, -0.2) is 36.4 Å². The molecule has 2 rings (SSSR count). The normalized spacial score (nSPS) is 23.2. The second-order valence-corrected chi connectivity index (χ2v) is 7.90. The molecule has 134 valence electrons. The summed E-state index contributed by atoms with van der Waals surface area (Å²) in [5.74, 6) is -1.97. The summed E-state index contributed by atoms with van der Waals surface area (Å²) in [5.41, 5.74) is -1.08. The molecule has 0 spiro atoms. The van der Waals surface area contributed by atoms with Crippen LogP contribution in [0.3, 0.4) is 0 Å². The monoisotopic (exact) mass is 365 g/mol. The van der Waals surface area contributed by atoms with E-state index in [-0.39, 0.29) is 12.1 Å². The molecule has 1 saturated heterocycles. The van der Waals surface area contributed by atoms with Crippen molar-refractivity contribution in [3.05, 3.63) is 29.3 Å². The minimum absolute atomic E-state index is 0.0726. The highest BCUT2D eigenvalue weighted by Crippen LogP contribution is 2.35. The number of hydrogen-bond acceptors (Lipinski definition) is 3.